The van der Waals surface area contributed by atoms with Crippen molar-refractivity contribution in [1.29, 1.82) is 0 Å². The Balaban J connectivity index is 7.11. The highest BCUT2D eigenvalue weighted by Gasteiger charge is 2.18. The quantitative estimate of drug-likeness (QED) is 0.0331. The average Bonchev–Trinajstić information content (AvgIpc) is 3.49. The zero-order valence-electron chi connectivity index (χ0n) is 53.8. The van der Waals surface area contributed by atoms with E-state index >= 15 is 0 Å². The van der Waals surface area contributed by atoms with E-state index in [1.807, 2.05) is 0 Å². The van der Waals surface area contributed by atoms with Gasteiger partial charge in [0.2, 0.25) is 0 Å². The topological polar surface area (TPSA) is 345 Å². The molecule has 494 valence electrons. The summed E-state index contributed by atoms with van der Waals surface area (Å²) in [4.78, 5) is 26.7. The number of nitrogens with zero attached hydrogens (tertiary/aromatic N) is 10. The highest BCUT2D eigenvalue weighted by atomic mass is 15.3. The van der Waals surface area contributed by atoms with Gasteiger partial charge in [-0.2, -0.15) is 0 Å². The molecule has 0 aromatic carbocycles. The van der Waals surface area contributed by atoms with Crippen LogP contribution in [-0.2, 0) is 0 Å². The van der Waals surface area contributed by atoms with Gasteiger partial charge >= 0.3 is 0 Å². The van der Waals surface area contributed by atoms with Gasteiger partial charge in [-0.3, -0.25) is 4.90 Å². The second-order valence-corrected chi connectivity index (χ2v) is 23.2. The summed E-state index contributed by atoms with van der Waals surface area (Å²) in [5.41, 5.74) is 72.2. The van der Waals surface area contributed by atoms with Crippen molar-refractivity contribution in [2.24, 2.45) is 68.8 Å². The van der Waals surface area contributed by atoms with Crippen LogP contribution in [0.1, 0.15) is 116 Å². The van der Waals surface area contributed by atoms with E-state index in [4.69, 9.17) is 68.8 Å². The second-order valence-electron chi connectivity index (χ2n) is 23.2. The van der Waals surface area contributed by atoms with Crippen molar-refractivity contribution in [3.63, 3.8) is 0 Å². The first-order valence-corrected chi connectivity index (χ1v) is 33.9. The van der Waals surface area contributed by atoms with Crippen molar-refractivity contribution >= 4 is 0 Å². The van der Waals surface area contributed by atoms with Gasteiger partial charge in [-0.15, -0.1) is 0 Å². The van der Waals surface area contributed by atoms with Crippen LogP contribution >= 0.6 is 0 Å². The molecule has 0 rings (SSSR count). The maximum atomic E-state index is 6.02. The molecule has 0 saturated heterocycles. The van der Waals surface area contributed by atoms with Gasteiger partial charge in [-0.1, -0.05) is 0 Å². The Morgan fingerprint density at radius 1 is 0.0976 bits per heavy atom. The monoisotopic (exact) mass is 1170 g/mol. The second kappa shape index (κ2) is 63.1. The summed E-state index contributed by atoms with van der Waals surface area (Å²) < 4.78 is 0. The lowest BCUT2D eigenvalue weighted by Gasteiger charge is -2.33. The van der Waals surface area contributed by atoms with Gasteiger partial charge in [-0.25, -0.2) is 0 Å². The summed E-state index contributed by atoms with van der Waals surface area (Å²) in [6, 6.07) is 0. The Kier molecular flexibility index (Phi) is 62.5. The Bertz CT molecular complexity index is 969. The zero-order valence-corrected chi connectivity index (χ0v) is 53.8. The first-order chi connectivity index (χ1) is 40.2. The summed E-state index contributed by atoms with van der Waals surface area (Å²) in [6.45, 7) is 40.1. The molecule has 24 N–H and O–H groups in total. The molecule has 0 radical (unpaired) electrons. The first kappa shape index (κ1) is 81.1. The molecule has 0 bridgehead atoms. The molecule has 0 aliphatic rings. The lowest BCUT2D eigenvalue weighted by molar-refractivity contribution is 0.138. The normalized spacial score (nSPS) is 12.5. The predicted octanol–water partition coefficient (Wildman–Crippen LogP) is -1.47. The molecule has 0 fully saturated rings. The molecular formula is C60H144N22. The molecule has 82 heavy (non-hydrogen) atoms. The maximum Gasteiger partial charge on any atom is 0.0110 e. The Morgan fingerprint density at radius 2 is 0.171 bits per heavy atom. The van der Waals surface area contributed by atoms with Crippen molar-refractivity contribution in [3.8, 4) is 0 Å². The summed E-state index contributed by atoms with van der Waals surface area (Å²) >= 11 is 0. The molecule has 22 heteroatoms. The average molecular weight is 1170 g/mol. The van der Waals surface area contributed by atoms with E-state index in [9.17, 15) is 0 Å². The smallest absolute Gasteiger partial charge is 0.0110 e. The Hall–Kier alpha value is -0.880. The van der Waals surface area contributed by atoms with Gasteiger partial charge in [0.1, 0.15) is 0 Å². The van der Waals surface area contributed by atoms with Crippen molar-refractivity contribution in [1.82, 2.24) is 49.0 Å². The number of hydrogen-bond donors (Lipinski definition) is 12. The molecule has 22 nitrogen and oxygen atoms in total. The molecule has 0 saturated carbocycles. The van der Waals surface area contributed by atoms with Gasteiger partial charge < -0.3 is 113 Å². The molecular weight excluding hydrogens is 1030 g/mol. The number of nitrogens with two attached hydrogens (primary N) is 12. The van der Waals surface area contributed by atoms with Crippen LogP contribution in [0.15, 0.2) is 0 Å². The van der Waals surface area contributed by atoms with Gasteiger partial charge in [-0.05, 0) is 351 Å². The third-order valence-corrected chi connectivity index (χ3v) is 16.0. The third-order valence-electron chi connectivity index (χ3n) is 16.0. The molecule has 0 atom stereocenters. The van der Waals surface area contributed by atoms with Crippen molar-refractivity contribution in [2.45, 2.75) is 116 Å². The fraction of sp³-hybridized carbons (Fsp3) is 1.00. The molecule has 0 aliphatic carbocycles. The van der Waals surface area contributed by atoms with E-state index in [2.05, 4.69) is 49.0 Å². The number of rotatable bonds is 69. The molecule has 0 aromatic heterocycles. The zero-order chi connectivity index (χ0) is 60.2. The van der Waals surface area contributed by atoms with Crippen LogP contribution in [0.25, 0.3) is 0 Å². The molecule has 0 spiro atoms. The Morgan fingerprint density at radius 3 is 0.268 bits per heavy atom. The van der Waals surface area contributed by atoms with E-state index in [0.717, 1.165) is 390 Å². The Labute approximate surface area is 506 Å². The molecule has 0 unspecified atom stereocenters. The van der Waals surface area contributed by atoms with Crippen LogP contribution in [0.5, 0.6) is 0 Å². The highest BCUT2D eigenvalue weighted by molar-refractivity contribution is 4.75. The fourth-order valence-corrected chi connectivity index (χ4v) is 11.1. The summed E-state index contributed by atoms with van der Waals surface area (Å²) in [5.74, 6) is 0. The molecule has 0 heterocycles. The van der Waals surface area contributed by atoms with Crippen LogP contribution in [0.4, 0.5) is 0 Å². The summed E-state index contributed by atoms with van der Waals surface area (Å²) in [5, 5.41) is 0. The van der Waals surface area contributed by atoms with Crippen LogP contribution in [-0.4, -0.2) is 324 Å². The van der Waals surface area contributed by atoms with Gasteiger partial charge in [0.05, 0.1) is 0 Å². The minimum atomic E-state index is 0.717. The van der Waals surface area contributed by atoms with Crippen LogP contribution in [0.2, 0.25) is 0 Å². The minimum absolute atomic E-state index is 0.717. The maximum absolute atomic E-state index is 6.02. The third kappa shape index (κ3) is 50.2. The minimum Gasteiger partial charge on any atom is -0.330 e. The largest absolute Gasteiger partial charge is 0.330 e. The first-order valence-electron chi connectivity index (χ1n) is 33.9. The van der Waals surface area contributed by atoms with Gasteiger partial charge in [0, 0.05) is 39.3 Å². The molecule has 0 aromatic rings. The van der Waals surface area contributed by atoms with E-state index in [1.54, 1.807) is 0 Å². The van der Waals surface area contributed by atoms with Gasteiger partial charge in [0.15, 0.2) is 0 Å². The van der Waals surface area contributed by atoms with Gasteiger partial charge in [0.25, 0.3) is 0 Å². The van der Waals surface area contributed by atoms with Crippen LogP contribution in [0.3, 0.4) is 0 Å². The standard InChI is InChI=1S/C60H144N22/c61-19-1-31-73(32-2-20-62)43-13-49-79(50-14-44-74(33-3-21-63)34-4-22-64)55-58-82(59-56-80(51-15-45-75(35-5-23-65)36-6-24-66)52-16-46-76(37-7-25-67)38-8-26-68)60-57-81(53-17-47-77(39-9-27-69)40-10-28-70)54-18-48-78(41-11-29-71)42-12-30-72/h1-72H2. The molecule has 0 amide bonds. The molecule has 0 aliphatic heterocycles. The van der Waals surface area contributed by atoms with E-state index in [0.29, 0.717) is 0 Å². The SMILES string of the molecule is NCCCN(CCCN)CCCN(CCCN(CCCN)CCCN)CCN(CCN(CCCN(CCCN)CCCN)CCCN(CCCN)CCCN)CCN(CCCN(CCCN)CCCN)CCCN(CCCN)CCCN. The lowest BCUT2D eigenvalue weighted by Crippen LogP contribution is -2.45. The van der Waals surface area contributed by atoms with Crippen LogP contribution in [0, 0.1) is 0 Å². The van der Waals surface area contributed by atoms with E-state index < -0.39 is 0 Å². The highest BCUT2D eigenvalue weighted by Crippen LogP contribution is 2.09. The lowest BCUT2D eigenvalue weighted by atomic mass is 10.2. The van der Waals surface area contributed by atoms with Crippen molar-refractivity contribution < 1.29 is 0 Å². The fourth-order valence-electron chi connectivity index (χ4n) is 11.1. The van der Waals surface area contributed by atoms with Crippen LogP contribution < -0.4 is 68.8 Å². The van der Waals surface area contributed by atoms with Crippen molar-refractivity contribution in [2.75, 3.05) is 275 Å². The number of hydrogen-bond acceptors (Lipinski definition) is 22. The predicted molar refractivity (Wildman–Crippen MR) is 356 cm³/mol. The summed E-state index contributed by atoms with van der Waals surface area (Å²) in [6.07, 6.45) is 19.0. The summed E-state index contributed by atoms with van der Waals surface area (Å²) in [7, 11) is 0. The van der Waals surface area contributed by atoms with E-state index in [1.165, 1.54) is 0 Å². The van der Waals surface area contributed by atoms with Crippen molar-refractivity contribution in [3.05, 3.63) is 0 Å². The van der Waals surface area contributed by atoms with E-state index in [-0.39, 0.29) is 0 Å².